The first-order valence-corrected chi connectivity index (χ1v) is 8.43. The average molecular weight is 370 g/mol. The summed E-state index contributed by atoms with van der Waals surface area (Å²) >= 11 is 12.2. The number of nitrogens with zero attached hydrogens (tertiary/aromatic N) is 2. The van der Waals surface area contributed by atoms with Gasteiger partial charge in [0.1, 0.15) is 5.02 Å². The third-order valence-corrected chi connectivity index (χ3v) is 4.47. The topological polar surface area (TPSA) is 76.4 Å². The zero-order chi connectivity index (χ0) is 17.1. The smallest absolute Gasteiger partial charge is 0.273 e. The van der Waals surface area contributed by atoms with E-state index in [4.69, 9.17) is 27.9 Å². The van der Waals surface area contributed by atoms with E-state index >= 15 is 0 Å². The van der Waals surface area contributed by atoms with Crippen molar-refractivity contribution in [1.82, 2.24) is 15.1 Å². The molecule has 0 saturated heterocycles. The predicted octanol–water partition coefficient (Wildman–Crippen LogP) is 2.83. The number of nitrogens with one attached hydrogen (secondary N) is 1. The number of hydrogen-bond donors (Lipinski definition) is 2. The maximum Gasteiger partial charge on any atom is 0.273 e. The number of aryl methyl sites for hydroxylation is 1. The van der Waals surface area contributed by atoms with Gasteiger partial charge in [-0.2, -0.15) is 5.10 Å². The van der Waals surface area contributed by atoms with Crippen molar-refractivity contribution < 1.29 is 14.6 Å². The lowest BCUT2D eigenvalue weighted by Gasteiger charge is -2.14. The van der Waals surface area contributed by atoms with Crippen molar-refractivity contribution in [3.8, 4) is 5.88 Å². The van der Waals surface area contributed by atoms with Crippen LogP contribution in [0.3, 0.4) is 0 Å². The summed E-state index contributed by atoms with van der Waals surface area (Å²) in [4.78, 5) is 12.2. The highest BCUT2D eigenvalue weighted by Crippen LogP contribution is 2.30. The van der Waals surface area contributed by atoms with Crippen molar-refractivity contribution in [2.75, 3.05) is 13.2 Å². The number of rotatable bonds is 5. The highest BCUT2D eigenvalue weighted by molar-refractivity contribution is 6.34. The maximum atomic E-state index is 12.2. The fourth-order valence-corrected chi connectivity index (χ4v) is 3.09. The monoisotopic (exact) mass is 369 g/mol. The molecule has 2 heterocycles. The Kier molecular flexibility index (Phi) is 5.28. The molecular weight excluding hydrogens is 353 g/mol. The Morgan fingerprint density at radius 1 is 1.42 bits per heavy atom. The quantitative estimate of drug-likeness (QED) is 0.849. The first-order chi connectivity index (χ1) is 11.6. The number of benzene rings is 1. The molecule has 1 aromatic carbocycles. The molecule has 2 N–H and O–H groups in total. The van der Waals surface area contributed by atoms with Crippen LogP contribution in [-0.4, -0.2) is 33.9 Å². The molecule has 1 atom stereocenters. The lowest BCUT2D eigenvalue weighted by atomic mass is 10.1. The molecule has 0 radical (unpaired) electrons. The number of fused-ring (bicyclic) bond motifs is 1. The van der Waals surface area contributed by atoms with Crippen LogP contribution in [0, 0.1) is 0 Å². The van der Waals surface area contributed by atoms with Gasteiger partial charge >= 0.3 is 0 Å². The molecule has 0 fully saturated rings. The number of halogens is 2. The van der Waals surface area contributed by atoms with Crippen LogP contribution in [0.4, 0.5) is 0 Å². The van der Waals surface area contributed by atoms with Crippen LogP contribution in [0.5, 0.6) is 5.88 Å². The van der Waals surface area contributed by atoms with E-state index in [9.17, 15) is 9.90 Å². The Bertz CT molecular complexity index is 748. The van der Waals surface area contributed by atoms with E-state index in [-0.39, 0.29) is 17.3 Å². The van der Waals surface area contributed by atoms with Crippen LogP contribution in [0.25, 0.3) is 0 Å². The molecule has 128 valence electrons. The molecule has 1 unspecified atom stereocenters. The van der Waals surface area contributed by atoms with Crippen LogP contribution in [0.15, 0.2) is 24.3 Å². The molecule has 1 amide bonds. The van der Waals surface area contributed by atoms with E-state index in [1.807, 2.05) is 0 Å². The van der Waals surface area contributed by atoms with Gasteiger partial charge in [-0.3, -0.25) is 4.79 Å². The number of carbonyl (C=O) groups excluding carboxylic acids is 1. The number of carbonyl (C=O) groups is 1. The summed E-state index contributed by atoms with van der Waals surface area (Å²) in [6, 6.07) is 7.07. The summed E-state index contributed by atoms with van der Waals surface area (Å²) in [5.41, 5.74) is 0.776. The standard InChI is InChI=1S/C16H17Cl2N3O3/c17-11-5-2-1-4-10(11)12(22)6-7-19-15(23)14-13(18)16-21(20-14)8-3-9-24-16/h1-2,4-5,12,22H,3,6-9H2,(H,19,23). The van der Waals surface area contributed by atoms with E-state index in [2.05, 4.69) is 10.4 Å². The molecule has 0 spiro atoms. The fourth-order valence-electron chi connectivity index (χ4n) is 2.55. The Morgan fingerprint density at radius 3 is 2.96 bits per heavy atom. The van der Waals surface area contributed by atoms with Gasteiger partial charge in [0.2, 0.25) is 5.88 Å². The number of hydrogen-bond acceptors (Lipinski definition) is 4. The molecule has 1 aromatic heterocycles. The molecule has 8 heteroatoms. The van der Waals surface area contributed by atoms with Crippen molar-refractivity contribution in [2.24, 2.45) is 0 Å². The summed E-state index contributed by atoms with van der Waals surface area (Å²) in [5.74, 6) is 0.0426. The van der Waals surface area contributed by atoms with E-state index in [1.54, 1.807) is 28.9 Å². The van der Waals surface area contributed by atoms with Gasteiger partial charge in [-0.25, -0.2) is 4.68 Å². The van der Waals surface area contributed by atoms with E-state index in [0.29, 0.717) is 36.0 Å². The second kappa shape index (κ2) is 7.42. The van der Waals surface area contributed by atoms with Gasteiger partial charge in [0.25, 0.3) is 5.91 Å². The van der Waals surface area contributed by atoms with Gasteiger partial charge in [-0.05, 0) is 18.1 Å². The first-order valence-electron chi connectivity index (χ1n) is 7.67. The zero-order valence-electron chi connectivity index (χ0n) is 12.8. The number of aliphatic hydroxyl groups is 1. The fraction of sp³-hybridized carbons (Fsp3) is 0.375. The largest absolute Gasteiger partial charge is 0.477 e. The van der Waals surface area contributed by atoms with Crippen molar-refractivity contribution in [1.29, 1.82) is 0 Å². The predicted molar refractivity (Wildman–Crippen MR) is 90.7 cm³/mol. The van der Waals surface area contributed by atoms with Gasteiger partial charge < -0.3 is 15.2 Å². The minimum absolute atomic E-state index is 0.140. The summed E-state index contributed by atoms with van der Waals surface area (Å²) in [6.07, 6.45) is 0.403. The Hall–Kier alpha value is -1.76. The number of aliphatic hydroxyl groups excluding tert-OH is 1. The Morgan fingerprint density at radius 2 is 2.21 bits per heavy atom. The van der Waals surface area contributed by atoms with E-state index in [0.717, 1.165) is 6.42 Å². The number of ether oxygens (including phenoxy) is 1. The summed E-state index contributed by atoms with van der Waals surface area (Å²) < 4.78 is 7.03. The molecule has 0 aliphatic carbocycles. The summed E-state index contributed by atoms with van der Waals surface area (Å²) in [6.45, 7) is 1.51. The van der Waals surface area contributed by atoms with Crippen molar-refractivity contribution in [3.63, 3.8) is 0 Å². The summed E-state index contributed by atoms with van der Waals surface area (Å²) in [7, 11) is 0. The molecule has 1 aliphatic rings. The number of amides is 1. The molecule has 2 aromatic rings. The molecule has 0 bridgehead atoms. The molecule has 1 aliphatic heterocycles. The van der Waals surface area contributed by atoms with Gasteiger partial charge in [-0.15, -0.1) is 0 Å². The summed E-state index contributed by atoms with van der Waals surface area (Å²) in [5, 5.41) is 17.8. The minimum atomic E-state index is -0.756. The van der Waals surface area contributed by atoms with Crippen LogP contribution < -0.4 is 10.1 Å². The SMILES string of the molecule is O=C(NCCC(O)c1ccccc1Cl)c1nn2c(c1Cl)OCCC2. The second-order valence-electron chi connectivity index (χ2n) is 5.47. The van der Waals surface area contributed by atoms with Crippen LogP contribution in [-0.2, 0) is 6.54 Å². The second-order valence-corrected chi connectivity index (χ2v) is 6.26. The molecule has 0 saturated carbocycles. The van der Waals surface area contributed by atoms with E-state index < -0.39 is 12.0 Å². The van der Waals surface area contributed by atoms with Gasteiger partial charge in [-0.1, -0.05) is 41.4 Å². The highest BCUT2D eigenvalue weighted by Gasteiger charge is 2.25. The van der Waals surface area contributed by atoms with Crippen LogP contribution in [0.1, 0.15) is 35.0 Å². The van der Waals surface area contributed by atoms with Crippen molar-refractivity contribution in [3.05, 3.63) is 45.6 Å². The Labute approximate surface area is 149 Å². The van der Waals surface area contributed by atoms with Crippen LogP contribution in [0.2, 0.25) is 10.0 Å². The zero-order valence-corrected chi connectivity index (χ0v) is 14.3. The third-order valence-electron chi connectivity index (χ3n) is 3.79. The minimum Gasteiger partial charge on any atom is -0.477 e. The maximum absolute atomic E-state index is 12.2. The third kappa shape index (κ3) is 3.50. The lowest BCUT2D eigenvalue weighted by Crippen LogP contribution is -2.26. The average Bonchev–Trinajstić information content (AvgIpc) is 2.92. The normalized spacial score (nSPS) is 14.6. The Balaban J connectivity index is 1.58. The van der Waals surface area contributed by atoms with Crippen LogP contribution >= 0.6 is 23.2 Å². The highest BCUT2D eigenvalue weighted by atomic mass is 35.5. The van der Waals surface area contributed by atoms with Gasteiger partial charge in [0, 0.05) is 24.5 Å². The molecule has 3 rings (SSSR count). The lowest BCUT2D eigenvalue weighted by molar-refractivity contribution is 0.0937. The van der Waals surface area contributed by atoms with Gasteiger partial charge in [0.15, 0.2) is 5.69 Å². The van der Waals surface area contributed by atoms with Gasteiger partial charge in [0.05, 0.1) is 12.7 Å². The first kappa shape index (κ1) is 17.1. The van der Waals surface area contributed by atoms with Crippen molar-refractivity contribution in [2.45, 2.75) is 25.5 Å². The molecular formula is C16H17Cl2N3O3. The van der Waals surface area contributed by atoms with Crippen molar-refractivity contribution >= 4 is 29.1 Å². The van der Waals surface area contributed by atoms with E-state index in [1.165, 1.54) is 0 Å². The number of aromatic nitrogens is 2. The molecule has 6 nitrogen and oxygen atoms in total. The molecule has 24 heavy (non-hydrogen) atoms.